The van der Waals surface area contributed by atoms with Crippen LogP contribution in [0, 0.1) is 0 Å². The quantitative estimate of drug-likeness (QED) is 0.861. The van der Waals surface area contributed by atoms with E-state index in [1.54, 1.807) is 19.9 Å². The average Bonchev–Trinajstić information content (AvgIpc) is 2.29. The second-order valence-corrected chi connectivity index (χ2v) is 4.86. The Hall–Kier alpha value is -2.24. The van der Waals surface area contributed by atoms with Crippen LogP contribution in [0.4, 0.5) is 5.69 Å². The molecule has 6 nitrogen and oxygen atoms in total. The van der Waals surface area contributed by atoms with Gasteiger partial charge in [-0.3, -0.25) is 9.59 Å². The molecule has 0 aromatic heterocycles. The van der Waals surface area contributed by atoms with Gasteiger partial charge in [-0.2, -0.15) is 0 Å². The van der Waals surface area contributed by atoms with Crippen molar-refractivity contribution in [1.82, 2.24) is 0 Å². The summed E-state index contributed by atoms with van der Waals surface area (Å²) >= 11 is 0. The van der Waals surface area contributed by atoms with Crippen LogP contribution in [0.2, 0.25) is 0 Å². The lowest BCUT2D eigenvalue weighted by atomic mass is 10.0. The normalized spacial score (nSPS) is 16.7. The van der Waals surface area contributed by atoms with Crippen LogP contribution in [0.15, 0.2) is 18.2 Å². The van der Waals surface area contributed by atoms with E-state index in [-0.39, 0.29) is 24.6 Å². The molecule has 2 rings (SSSR count). The van der Waals surface area contributed by atoms with Crippen molar-refractivity contribution < 1.29 is 24.5 Å². The highest BCUT2D eigenvalue weighted by molar-refractivity contribution is 6.02. The van der Waals surface area contributed by atoms with Crippen LogP contribution in [0.1, 0.15) is 20.3 Å². The summed E-state index contributed by atoms with van der Waals surface area (Å²) < 4.78 is 5.55. The Balaban J connectivity index is 2.40. The molecule has 19 heavy (non-hydrogen) atoms. The summed E-state index contributed by atoms with van der Waals surface area (Å²) in [6.07, 6.45) is -0.151. The molecular formula is C13H15NO5. The maximum Gasteiger partial charge on any atom is 0.305 e. The zero-order valence-corrected chi connectivity index (χ0v) is 10.7. The van der Waals surface area contributed by atoms with Gasteiger partial charge in [-0.15, -0.1) is 0 Å². The van der Waals surface area contributed by atoms with E-state index in [1.807, 2.05) is 0 Å². The third-order valence-electron chi connectivity index (χ3n) is 2.91. The summed E-state index contributed by atoms with van der Waals surface area (Å²) in [7, 11) is 0. The van der Waals surface area contributed by atoms with Crippen molar-refractivity contribution in [2.45, 2.75) is 25.9 Å². The van der Waals surface area contributed by atoms with Crippen molar-refractivity contribution in [3.8, 4) is 11.5 Å². The summed E-state index contributed by atoms with van der Waals surface area (Å²) in [5.74, 6) is -0.874. The number of carboxylic acids is 1. The number of hydrogen-bond acceptors (Lipinski definition) is 4. The van der Waals surface area contributed by atoms with E-state index in [9.17, 15) is 14.7 Å². The lowest BCUT2D eigenvalue weighted by Gasteiger charge is -2.38. The summed E-state index contributed by atoms with van der Waals surface area (Å²) in [6.45, 7) is 3.28. The number of amides is 1. The number of aliphatic carboxylic acids is 1. The predicted molar refractivity (Wildman–Crippen MR) is 67.4 cm³/mol. The monoisotopic (exact) mass is 265 g/mol. The standard InChI is InChI=1S/C13H15NO5/c1-13(2)12(18)14(6-5-11(16)17)9-4-3-8(15)7-10(9)19-13/h3-4,7,15H,5-6H2,1-2H3,(H,16,17). The Kier molecular flexibility index (Phi) is 3.09. The number of phenolic OH excluding ortho intramolecular Hbond substituents is 1. The van der Waals surface area contributed by atoms with Gasteiger partial charge in [0.1, 0.15) is 11.5 Å². The number of aromatic hydroxyl groups is 1. The first-order valence-electron chi connectivity index (χ1n) is 5.87. The highest BCUT2D eigenvalue weighted by Crippen LogP contribution is 2.39. The molecule has 1 aliphatic rings. The Bertz CT molecular complexity index is 538. The summed E-state index contributed by atoms with van der Waals surface area (Å²) in [5.41, 5.74) is -0.609. The minimum Gasteiger partial charge on any atom is -0.508 e. The van der Waals surface area contributed by atoms with Crippen LogP contribution in [0.3, 0.4) is 0 Å². The lowest BCUT2D eigenvalue weighted by molar-refractivity contribution is -0.137. The van der Waals surface area contributed by atoms with Gasteiger partial charge in [-0.25, -0.2) is 0 Å². The topological polar surface area (TPSA) is 87.1 Å². The SMILES string of the molecule is CC1(C)Oc2cc(O)ccc2N(CCC(=O)O)C1=O. The number of benzene rings is 1. The first-order valence-corrected chi connectivity index (χ1v) is 5.87. The van der Waals surface area contributed by atoms with Crippen molar-refractivity contribution >= 4 is 17.6 Å². The number of carboxylic acid groups (broad SMARTS) is 1. The van der Waals surface area contributed by atoms with E-state index < -0.39 is 11.6 Å². The van der Waals surface area contributed by atoms with Crippen LogP contribution >= 0.6 is 0 Å². The van der Waals surface area contributed by atoms with Crippen molar-refractivity contribution in [2.24, 2.45) is 0 Å². The molecular weight excluding hydrogens is 250 g/mol. The molecule has 0 aliphatic carbocycles. The number of carbonyl (C=O) groups is 2. The Morgan fingerprint density at radius 3 is 2.74 bits per heavy atom. The average molecular weight is 265 g/mol. The van der Waals surface area contributed by atoms with E-state index in [2.05, 4.69) is 0 Å². The molecule has 1 aromatic rings. The first kappa shape index (κ1) is 13.2. The van der Waals surface area contributed by atoms with Gasteiger partial charge in [-0.1, -0.05) is 0 Å². The van der Waals surface area contributed by atoms with Crippen molar-refractivity contribution in [2.75, 3.05) is 11.4 Å². The lowest BCUT2D eigenvalue weighted by Crippen LogP contribution is -2.53. The number of nitrogens with zero attached hydrogens (tertiary/aromatic N) is 1. The van der Waals surface area contributed by atoms with Gasteiger partial charge in [0.2, 0.25) is 0 Å². The third kappa shape index (κ3) is 2.47. The second kappa shape index (κ2) is 4.46. The van der Waals surface area contributed by atoms with Crippen LogP contribution in [-0.4, -0.2) is 34.2 Å². The van der Waals surface area contributed by atoms with Gasteiger partial charge in [-0.05, 0) is 26.0 Å². The minimum absolute atomic E-state index is 0.0297. The Morgan fingerprint density at radius 1 is 1.42 bits per heavy atom. The van der Waals surface area contributed by atoms with Crippen molar-refractivity contribution in [3.05, 3.63) is 18.2 Å². The molecule has 0 atom stereocenters. The van der Waals surface area contributed by atoms with E-state index in [0.29, 0.717) is 11.4 Å². The summed E-state index contributed by atoms with van der Waals surface area (Å²) in [6, 6.07) is 4.39. The molecule has 0 saturated carbocycles. The van der Waals surface area contributed by atoms with Gasteiger partial charge in [0, 0.05) is 12.6 Å². The largest absolute Gasteiger partial charge is 0.508 e. The molecule has 0 unspecified atom stereocenters. The van der Waals surface area contributed by atoms with E-state index >= 15 is 0 Å². The zero-order chi connectivity index (χ0) is 14.2. The van der Waals surface area contributed by atoms with Gasteiger partial charge in [0.25, 0.3) is 5.91 Å². The summed E-state index contributed by atoms with van der Waals surface area (Å²) in [5, 5.41) is 18.2. The molecule has 102 valence electrons. The maximum absolute atomic E-state index is 12.3. The van der Waals surface area contributed by atoms with Gasteiger partial charge in [0.15, 0.2) is 5.60 Å². The van der Waals surface area contributed by atoms with E-state index in [4.69, 9.17) is 9.84 Å². The third-order valence-corrected chi connectivity index (χ3v) is 2.91. The van der Waals surface area contributed by atoms with Crippen molar-refractivity contribution in [1.29, 1.82) is 0 Å². The number of carbonyl (C=O) groups excluding carboxylic acids is 1. The number of anilines is 1. The number of ether oxygens (including phenoxy) is 1. The highest BCUT2D eigenvalue weighted by atomic mass is 16.5. The summed E-state index contributed by atoms with van der Waals surface area (Å²) in [4.78, 5) is 24.3. The Morgan fingerprint density at radius 2 is 2.11 bits per heavy atom. The minimum atomic E-state index is -1.08. The molecule has 1 aromatic carbocycles. The molecule has 6 heteroatoms. The van der Waals surface area contributed by atoms with Crippen LogP contribution < -0.4 is 9.64 Å². The molecule has 0 saturated heterocycles. The van der Waals surface area contributed by atoms with Crippen LogP contribution in [0.5, 0.6) is 11.5 Å². The molecule has 0 fully saturated rings. The highest BCUT2D eigenvalue weighted by Gasteiger charge is 2.40. The van der Waals surface area contributed by atoms with Gasteiger partial charge >= 0.3 is 5.97 Å². The zero-order valence-electron chi connectivity index (χ0n) is 10.7. The predicted octanol–water partition coefficient (Wildman–Crippen LogP) is 1.37. The number of rotatable bonds is 3. The van der Waals surface area contributed by atoms with E-state index in [0.717, 1.165) is 0 Å². The molecule has 1 aliphatic heterocycles. The number of hydrogen-bond donors (Lipinski definition) is 2. The molecule has 0 radical (unpaired) electrons. The molecule has 1 heterocycles. The number of phenols is 1. The fourth-order valence-electron chi connectivity index (χ4n) is 1.99. The van der Waals surface area contributed by atoms with E-state index in [1.165, 1.54) is 17.0 Å². The smallest absolute Gasteiger partial charge is 0.305 e. The molecule has 0 spiro atoms. The molecule has 1 amide bonds. The van der Waals surface area contributed by atoms with Gasteiger partial charge < -0.3 is 19.8 Å². The fourth-order valence-corrected chi connectivity index (χ4v) is 1.99. The Labute approximate surface area is 110 Å². The number of fused-ring (bicyclic) bond motifs is 1. The first-order chi connectivity index (χ1) is 8.81. The van der Waals surface area contributed by atoms with Crippen molar-refractivity contribution in [3.63, 3.8) is 0 Å². The molecule has 2 N–H and O–H groups in total. The maximum atomic E-state index is 12.3. The van der Waals surface area contributed by atoms with Crippen LogP contribution in [-0.2, 0) is 9.59 Å². The second-order valence-electron chi connectivity index (χ2n) is 4.86. The molecule has 0 bridgehead atoms. The van der Waals surface area contributed by atoms with Crippen LogP contribution in [0.25, 0.3) is 0 Å². The van der Waals surface area contributed by atoms with Gasteiger partial charge in [0.05, 0.1) is 12.1 Å². The fraction of sp³-hybridized carbons (Fsp3) is 0.385.